The first-order chi connectivity index (χ1) is 20.0. The normalized spacial score (nSPS) is 16.9. The zero-order chi connectivity index (χ0) is 28.5. The summed E-state index contributed by atoms with van der Waals surface area (Å²) in [7, 11) is 1.76. The minimum absolute atomic E-state index is 0.139. The number of likely N-dealkylation sites (N-methyl/N-ethyl adjacent to an activating group) is 1. The lowest BCUT2D eigenvalue weighted by Crippen LogP contribution is -2.44. The van der Waals surface area contributed by atoms with Gasteiger partial charge in [0.05, 0.1) is 0 Å². The summed E-state index contributed by atoms with van der Waals surface area (Å²) in [6.45, 7) is 7.25. The van der Waals surface area contributed by atoms with Gasteiger partial charge >= 0.3 is 0 Å². The van der Waals surface area contributed by atoms with Gasteiger partial charge in [-0.15, -0.1) is 0 Å². The molecule has 1 amide bonds. The van der Waals surface area contributed by atoms with Crippen molar-refractivity contribution >= 4 is 45.5 Å². The number of hydrogen-bond acceptors (Lipinski definition) is 7. The van der Waals surface area contributed by atoms with Gasteiger partial charge in [0.15, 0.2) is 0 Å². The number of hydrogen-bond donors (Lipinski definition) is 2. The van der Waals surface area contributed by atoms with Crippen molar-refractivity contribution in [1.29, 1.82) is 0 Å². The van der Waals surface area contributed by atoms with Crippen molar-refractivity contribution in [2.45, 2.75) is 32.7 Å². The van der Waals surface area contributed by atoms with E-state index in [1.807, 2.05) is 61.2 Å². The maximum atomic E-state index is 14.1. The van der Waals surface area contributed by atoms with Crippen LogP contribution in [0.4, 0.5) is 23.0 Å². The highest BCUT2D eigenvalue weighted by Crippen LogP contribution is 2.33. The monoisotopic (exact) mass is 549 g/mol. The Balaban J connectivity index is 1.43. The van der Waals surface area contributed by atoms with E-state index < -0.39 is 6.04 Å². The van der Waals surface area contributed by atoms with Crippen LogP contribution in [0.5, 0.6) is 0 Å². The third-order valence-corrected chi connectivity index (χ3v) is 8.13. The van der Waals surface area contributed by atoms with Crippen molar-refractivity contribution in [3.63, 3.8) is 0 Å². The third kappa shape index (κ3) is 4.97. The lowest BCUT2D eigenvalue weighted by Gasteiger charge is -2.33. The highest BCUT2D eigenvalue weighted by molar-refractivity contribution is 5.99. The fourth-order valence-electron chi connectivity index (χ4n) is 5.88. The van der Waals surface area contributed by atoms with Crippen LogP contribution in [0.3, 0.4) is 0 Å². The topological polar surface area (TPSA) is 95.4 Å². The second kappa shape index (κ2) is 11.2. The van der Waals surface area contributed by atoms with E-state index in [2.05, 4.69) is 33.8 Å². The second-order valence-corrected chi connectivity index (χ2v) is 10.5. The Hall–Kier alpha value is -4.50. The summed E-state index contributed by atoms with van der Waals surface area (Å²) in [6.07, 6.45) is 5.38. The average Bonchev–Trinajstić information content (AvgIpc) is 3.01. The number of carbonyl (C=O) groups excluding carboxylic acids is 1. The number of anilines is 4. The van der Waals surface area contributed by atoms with E-state index in [4.69, 9.17) is 4.98 Å². The van der Waals surface area contributed by atoms with Gasteiger partial charge in [0.1, 0.15) is 17.4 Å². The maximum Gasteiger partial charge on any atom is 0.276 e. The molecule has 210 valence electrons. The van der Waals surface area contributed by atoms with Crippen molar-refractivity contribution in [3.8, 4) is 0 Å². The zero-order valence-corrected chi connectivity index (χ0v) is 23.7. The molecule has 4 aromatic rings. The molecule has 2 aliphatic rings. The molecule has 41 heavy (non-hydrogen) atoms. The lowest BCUT2D eigenvalue weighted by molar-refractivity contribution is -0.121. The Bertz CT molecular complexity index is 1690. The number of para-hydroxylation sites is 1. The standard InChI is InChI=1S/C32H35N7O2/c1-4-38(5-2)27-19-24-20-34-32(35-25-12-10-21(11-13-25)22-14-16-33-17-15-22)36-29(24)39(31(27)41)28-18-23-8-6-7-9-26(23)37(3)30(28)40/h6-14,19-20,28,33H,4-5,15-18H2,1-3H3,(H,34,35,36). The van der Waals surface area contributed by atoms with E-state index >= 15 is 0 Å². The van der Waals surface area contributed by atoms with Gasteiger partial charge in [0.25, 0.3) is 5.56 Å². The molecule has 4 heterocycles. The predicted molar refractivity (Wildman–Crippen MR) is 165 cm³/mol. The molecule has 0 saturated heterocycles. The highest BCUT2D eigenvalue weighted by atomic mass is 16.2. The number of rotatable bonds is 7. The summed E-state index contributed by atoms with van der Waals surface area (Å²) in [4.78, 5) is 40.9. The Morgan fingerprint density at radius 3 is 2.59 bits per heavy atom. The minimum atomic E-state index is -0.722. The fraction of sp³-hybridized carbons (Fsp3) is 0.312. The molecule has 0 saturated carbocycles. The molecule has 1 atom stereocenters. The second-order valence-electron chi connectivity index (χ2n) is 10.5. The molecule has 0 fully saturated rings. The number of nitrogens with zero attached hydrogens (tertiary/aromatic N) is 5. The van der Waals surface area contributed by atoms with Gasteiger partial charge in [-0.25, -0.2) is 4.98 Å². The molecule has 0 aliphatic carbocycles. The van der Waals surface area contributed by atoms with Gasteiger partial charge in [-0.05, 0) is 67.8 Å². The van der Waals surface area contributed by atoms with Crippen LogP contribution < -0.4 is 26.0 Å². The van der Waals surface area contributed by atoms with Crippen LogP contribution in [0.1, 0.15) is 37.4 Å². The maximum absolute atomic E-state index is 14.1. The van der Waals surface area contributed by atoms with Crippen LogP contribution in [0.2, 0.25) is 0 Å². The van der Waals surface area contributed by atoms with Crippen LogP contribution in [-0.4, -0.2) is 53.7 Å². The first kappa shape index (κ1) is 26.7. The fourth-order valence-corrected chi connectivity index (χ4v) is 5.88. The Morgan fingerprint density at radius 2 is 1.85 bits per heavy atom. The number of aromatic nitrogens is 3. The third-order valence-electron chi connectivity index (χ3n) is 8.13. The van der Waals surface area contributed by atoms with Crippen molar-refractivity contribution in [3.05, 3.63) is 88.4 Å². The number of carbonyl (C=O) groups is 1. The van der Waals surface area contributed by atoms with Gasteiger partial charge in [-0.1, -0.05) is 36.4 Å². The Morgan fingerprint density at radius 1 is 1.07 bits per heavy atom. The highest BCUT2D eigenvalue weighted by Gasteiger charge is 2.34. The van der Waals surface area contributed by atoms with E-state index in [0.29, 0.717) is 42.2 Å². The number of benzene rings is 2. The van der Waals surface area contributed by atoms with E-state index in [-0.39, 0.29) is 11.5 Å². The largest absolute Gasteiger partial charge is 0.368 e. The average molecular weight is 550 g/mol. The molecule has 0 bridgehead atoms. The van der Waals surface area contributed by atoms with Gasteiger partial charge in [0, 0.05) is 56.1 Å². The van der Waals surface area contributed by atoms with Gasteiger partial charge < -0.3 is 20.4 Å². The van der Waals surface area contributed by atoms with Crippen molar-refractivity contribution < 1.29 is 4.79 Å². The molecule has 0 spiro atoms. The first-order valence-electron chi connectivity index (χ1n) is 14.3. The van der Waals surface area contributed by atoms with Crippen LogP contribution in [0.25, 0.3) is 16.6 Å². The van der Waals surface area contributed by atoms with E-state index in [1.54, 1.807) is 22.7 Å². The van der Waals surface area contributed by atoms with Crippen molar-refractivity contribution in [2.24, 2.45) is 0 Å². The number of fused-ring (bicyclic) bond motifs is 2. The predicted octanol–water partition coefficient (Wildman–Crippen LogP) is 4.52. The Labute approximate surface area is 239 Å². The minimum Gasteiger partial charge on any atom is -0.368 e. The molecule has 2 aliphatic heterocycles. The number of pyridine rings is 1. The lowest BCUT2D eigenvalue weighted by atomic mass is 9.97. The number of amides is 1. The van der Waals surface area contributed by atoms with E-state index in [1.165, 1.54) is 11.1 Å². The van der Waals surface area contributed by atoms with Crippen LogP contribution in [0.15, 0.2) is 71.7 Å². The summed E-state index contributed by atoms with van der Waals surface area (Å²) in [5.41, 5.74) is 6.03. The molecule has 0 radical (unpaired) electrons. The molecular formula is C32H35N7O2. The summed E-state index contributed by atoms with van der Waals surface area (Å²) in [6, 6.07) is 17.2. The van der Waals surface area contributed by atoms with Crippen LogP contribution in [-0.2, 0) is 11.2 Å². The molecule has 2 aromatic heterocycles. The molecule has 1 unspecified atom stereocenters. The van der Waals surface area contributed by atoms with Gasteiger partial charge in [-0.2, -0.15) is 4.98 Å². The molecule has 2 aromatic carbocycles. The first-order valence-corrected chi connectivity index (χ1v) is 14.3. The number of nitrogens with one attached hydrogen (secondary N) is 2. The van der Waals surface area contributed by atoms with Gasteiger partial charge in [0.2, 0.25) is 11.9 Å². The zero-order valence-electron chi connectivity index (χ0n) is 23.7. The summed E-state index contributed by atoms with van der Waals surface area (Å²) in [5, 5.41) is 7.35. The van der Waals surface area contributed by atoms with Crippen molar-refractivity contribution in [2.75, 3.05) is 48.3 Å². The summed E-state index contributed by atoms with van der Waals surface area (Å²) < 4.78 is 1.58. The molecule has 2 N–H and O–H groups in total. The molecule has 6 rings (SSSR count). The van der Waals surface area contributed by atoms with E-state index in [9.17, 15) is 9.59 Å². The molecule has 9 nitrogen and oxygen atoms in total. The van der Waals surface area contributed by atoms with Gasteiger partial charge in [-0.3, -0.25) is 14.2 Å². The summed E-state index contributed by atoms with van der Waals surface area (Å²) in [5.74, 6) is 0.229. The summed E-state index contributed by atoms with van der Waals surface area (Å²) >= 11 is 0. The molecule has 9 heteroatoms. The van der Waals surface area contributed by atoms with Crippen LogP contribution in [0, 0.1) is 0 Å². The SMILES string of the molecule is CCN(CC)c1cc2cnc(Nc3ccc(C4=CCNCC4)cc3)nc2n(C2Cc3ccccc3N(C)C2=O)c1=O. The molecular weight excluding hydrogens is 514 g/mol. The van der Waals surface area contributed by atoms with Crippen LogP contribution >= 0.6 is 0 Å². The van der Waals surface area contributed by atoms with E-state index in [0.717, 1.165) is 36.4 Å². The quantitative estimate of drug-likeness (QED) is 0.350. The van der Waals surface area contributed by atoms with Crippen molar-refractivity contribution in [1.82, 2.24) is 19.9 Å². The Kier molecular flexibility index (Phi) is 7.28. The smallest absolute Gasteiger partial charge is 0.276 e.